The lowest BCUT2D eigenvalue weighted by molar-refractivity contribution is 1.14. The molecule has 354 valence electrons. The summed E-state index contributed by atoms with van der Waals surface area (Å²) in [5.74, 6) is 0. The van der Waals surface area contributed by atoms with E-state index >= 15 is 0 Å². The summed E-state index contributed by atoms with van der Waals surface area (Å²) in [6.07, 6.45) is 0. The average molecular weight is 1010 g/mol. The third-order valence-electron chi connectivity index (χ3n) is 14.9. The van der Waals surface area contributed by atoms with Gasteiger partial charge in [0.1, 0.15) is 6.07 Å². The second kappa shape index (κ2) is 17.3. The van der Waals surface area contributed by atoms with E-state index < -0.39 is 0 Å². The number of aromatic nitrogens is 2. The number of fused-ring (bicyclic) bond motifs is 12. The monoisotopic (exact) mass is 1000 g/mol. The Kier molecular flexibility index (Phi) is 9.95. The number of rotatable bonds is 8. The van der Waals surface area contributed by atoms with Crippen molar-refractivity contribution in [1.82, 2.24) is 9.13 Å². The number of hydrogen-bond acceptors (Lipinski definition) is 5. The van der Waals surface area contributed by atoms with Crippen molar-refractivity contribution in [3.05, 3.63) is 260 Å². The molecule has 15 aromatic rings. The molecule has 8 heteroatoms. The van der Waals surface area contributed by atoms with Gasteiger partial charge in [0, 0.05) is 96.0 Å². The molecular formula is C68H40N6S2. The van der Waals surface area contributed by atoms with Gasteiger partial charge >= 0.3 is 0 Å². The molecule has 4 aromatic heterocycles. The number of hydrogen-bond donors (Lipinski definition) is 0. The Labute approximate surface area is 445 Å². The van der Waals surface area contributed by atoms with Gasteiger partial charge in [-0.2, -0.15) is 5.26 Å². The molecule has 0 bridgehead atoms. The minimum absolute atomic E-state index is 0.442. The van der Waals surface area contributed by atoms with E-state index in [4.69, 9.17) is 6.57 Å². The molecule has 0 amide bonds. The zero-order valence-corrected chi connectivity index (χ0v) is 42.2. The molecule has 0 saturated carbocycles. The topological polar surface area (TPSA) is 44.5 Å². The third-order valence-corrected chi connectivity index (χ3v) is 17.2. The molecule has 0 fully saturated rings. The zero-order valence-electron chi connectivity index (χ0n) is 40.6. The summed E-state index contributed by atoms with van der Waals surface area (Å²) in [5.41, 5.74) is 12.3. The summed E-state index contributed by atoms with van der Waals surface area (Å²) >= 11 is 3.55. The Morgan fingerprint density at radius 2 is 0.737 bits per heavy atom. The van der Waals surface area contributed by atoms with Gasteiger partial charge in [-0.25, -0.2) is 4.85 Å². The van der Waals surface area contributed by atoms with E-state index in [1.807, 2.05) is 36.4 Å². The predicted molar refractivity (Wildman–Crippen MR) is 321 cm³/mol. The highest BCUT2D eigenvalue weighted by molar-refractivity contribution is 7.26. The van der Waals surface area contributed by atoms with Gasteiger partial charge in [-0.05, 0) is 133 Å². The van der Waals surface area contributed by atoms with Crippen molar-refractivity contribution in [1.29, 1.82) is 5.26 Å². The van der Waals surface area contributed by atoms with Crippen molar-refractivity contribution in [2.24, 2.45) is 0 Å². The van der Waals surface area contributed by atoms with E-state index in [-0.39, 0.29) is 0 Å². The summed E-state index contributed by atoms with van der Waals surface area (Å²) in [4.78, 5) is 8.92. The lowest BCUT2D eigenvalue weighted by Crippen LogP contribution is -2.09. The van der Waals surface area contributed by atoms with Crippen LogP contribution in [0.4, 0.5) is 39.8 Å². The fraction of sp³-hybridized carbons (Fsp3) is 0. The molecule has 0 radical (unpaired) electrons. The summed E-state index contributed by atoms with van der Waals surface area (Å²) in [6, 6.07) is 88.1. The van der Waals surface area contributed by atoms with Crippen molar-refractivity contribution in [3.63, 3.8) is 0 Å². The Morgan fingerprint density at radius 1 is 0.342 bits per heavy atom. The second-order valence-electron chi connectivity index (χ2n) is 19.1. The van der Waals surface area contributed by atoms with E-state index in [1.165, 1.54) is 30.9 Å². The van der Waals surface area contributed by atoms with Crippen molar-refractivity contribution >= 4 is 146 Å². The normalized spacial score (nSPS) is 11.7. The minimum atomic E-state index is 0.442. The van der Waals surface area contributed by atoms with Crippen molar-refractivity contribution in [2.75, 3.05) is 9.80 Å². The molecule has 0 unspecified atom stereocenters. The van der Waals surface area contributed by atoms with Gasteiger partial charge in [0.25, 0.3) is 0 Å². The van der Waals surface area contributed by atoms with Gasteiger partial charge in [-0.3, -0.25) is 0 Å². The highest BCUT2D eigenvalue weighted by Crippen LogP contribution is 2.48. The van der Waals surface area contributed by atoms with E-state index in [2.05, 4.69) is 236 Å². The third kappa shape index (κ3) is 6.76. The summed E-state index contributed by atoms with van der Waals surface area (Å²) in [5, 5.41) is 20.5. The summed E-state index contributed by atoms with van der Waals surface area (Å²) in [7, 11) is 0. The van der Waals surface area contributed by atoms with Crippen LogP contribution in [0.25, 0.3) is 100 Å². The number of nitriles is 1. The molecule has 15 rings (SSSR count). The molecule has 4 heterocycles. The van der Waals surface area contributed by atoms with Gasteiger partial charge in [0.2, 0.25) is 5.69 Å². The maximum atomic E-state index is 11.5. The van der Waals surface area contributed by atoms with Gasteiger partial charge < -0.3 is 18.9 Å². The molecule has 0 aliphatic rings. The molecule has 6 nitrogen and oxygen atoms in total. The molecule has 0 atom stereocenters. The van der Waals surface area contributed by atoms with Crippen LogP contribution >= 0.6 is 22.7 Å². The van der Waals surface area contributed by atoms with Crippen LogP contribution in [0.1, 0.15) is 5.56 Å². The van der Waals surface area contributed by atoms with Crippen LogP contribution in [-0.2, 0) is 0 Å². The Bertz CT molecular complexity index is 4510. The highest BCUT2D eigenvalue weighted by atomic mass is 32.1. The summed E-state index contributed by atoms with van der Waals surface area (Å²) < 4.78 is 9.18. The van der Waals surface area contributed by atoms with Gasteiger partial charge in [-0.1, -0.05) is 109 Å². The number of thiophene rings is 2. The quantitative estimate of drug-likeness (QED) is 0.143. The Morgan fingerprint density at radius 3 is 1.16 bits per heavy atom. The summed E-state index contributed by atoms with van der Waals surface area (Å²) in [6.45, 7) is 8.98. The number of benzene rings is 11. The maximum absolute atomic E-state index is 11.5. The fourth-order valence-corrected chi connectivity index (χ4v) is 13.8. The van der Waals surface area contributed by atoms with E-state index in [9.17, 15) is 5.26 Å². The molecule has 0 spiro atoms. The van der Waals surface area contributed by atoms with Crippen LogP contribution in [0.2, 0.25) is 0 Å². The first-order valence-electron chi connectivity index (χ1n) is 25.2. The van der Waals surface area contributed by atoms with E-state index in [0.29, 0.717) is 22.6 Å². The van der Waals surface area contributed by atoms with Crippen molar-refractivity contribution < 1.29 is 0 Å². The molecule has 76 heavy (non-hydrogen) atoms. The zero-order chi connectivity index (χ0) is 50.4. The SMILES string of the molecule is [C-]#[N+]c1cc(-n2c3ccc(N(c4ccccc4)c4ccccc4)cc3c3cc4c(cc32)sc2ccccc24)c(C#N)cc1-n1c2ccc(N(c3ccccc3)c3ccccc3)cc2c2cc3c(cc21)sc1ccccc13. The van der Waals surface area contributed by atoms with Gasteiger partial charge in [0.05, 0.1) is 45.6 Å². The Hall–Kier alpha value is -9.96. The number of para-hydroxylation sites is 4. The smallest absolute Gasteiger partial charge is 0.212 e. The van der Waals surface area contributed by atoms with Crippen LogP contribution in [-0.4, -0.2) is 9.13 Å². The highest BCUT2D eigenvalue weighted by Gasteiger charge is 2.25. The van der Waals surface area contributed by atoms with Gasteiger partial charge in [-0.15, -0.1) is 22.7 Å². The van der Waals surface area contributed by atoms with Crippen LogP contribution in [0.3, 0.4) is 0 Å². The minimum Gasteiger partial charge on any atom is -0.319 e. The number of anilines is 6. The lowest BCUT2D eigenvalue weighted by atomic mass is 10.1. The van der Waals surface area contributed by atoms with Crippen molar-refractivity contribution in [2.45, 2.75) is 0 Å². The lowest BCUT2D eigenvalue weighted by Gasteiger charge is -2.25. The molecule has 0 N–H and O–H groups in total. The van der Waals surface area contributed by atoms with Crippen molar-refractivity contribution in [3.8, 4) is 17.4 Å². The first-order valence-corrected chi connectivity index (χ1v) is 26.8. The average Bonchev–Trinajstić information content (AvgIpc) is 4.33. The van der Waals surface area contributed by atoms with Crippen LogP contribution in [0.5, 0.6) is 0 Å². The Balaban J connectivity index is 0.986. The maximum Gasteiger partial charge on any atom is 0.212 e. The number of nitrogens with zero attached hydrogens (tertiary/aromatic N) is 6. The molecule has 11 aromatic carbocycles. The van der Waals surface area contributed by atoms with Crippen LogP contribution in [0, 0.1) is 17.9 Å². The molecule has 0 aliphatic carbocycles. The van der Waals surface area contributed by atoms with Gasteiger partial charge in [0.15, 0.2) is 0 Å². The molecule has 0 aliphatic heterocycles. The fourth-order valence-electron chi connectivity index (χ4n) is 11.6. The first-order chi connectivity index (χ1) is 37.6. The molecular weight excluding hydrogens is 965 g/mol. The van der Waals surface area contributed by atoms with E-state index in [1.54, 1.807) is 22.7 Å². The largest absolute Gasteiger partial charge is 0.319 e. The second-order valence-corrected chi connectivity index (χ2v) is 21.3. The standard InChI is InChI=1S/C68H40N6S2/c1-70-58-39-61(73-59-32-30-48(71(44-18-6-2-7-19-44)45-20-8-3-9-21-45)35-52(59)54-37-56-50-26-14-16-28-65(50)75-67(56)40-62(54)73)43(42-69)34-64(58)74-60-33-31-49(72(46-22-10-4-11-23-46)47-24-12-5-13-25-47)36-53(60)55-38-57-51-27-15-17-29-66(51)76-68(57)41-63(55)74/h2-41H. The van der Waals surface area contributed by atoms with Crippen LogP contribution < -0.4 is 9.80 Å². The molecule has 0 saturated heterocycles. The van der Waals surface area contributed by atoms with E-state index in [0.717, 1.165) is 87.1 Å². The first kappa shape index (κ1) is 43.6. The predicted octanol–water partition coefficient (Wildman–Crippen LogP) is 20.0. The van der Waals surface area contributed by atoms with Crippen LogP contribution in [0.15, 0.2) is 243 Å².